The van der Waals surface area contributed by atoms with Crippen LogP contribution in [0.15, 0.2) is 73.1 Å². The quantitative estimate of drug-likeness (QED) is 0.539. The van der Waals surface area contributed by atoms with Gasteiger partial charge in [-0.1, -0.05) is 12.1 Å². The molecule has 130 valence electrons. The van der Waals surface area contributed by atoms with Crippen LogP contribution in [0.25, 0.3) is 0 Å². The van der Waals surface area contributed by atoms with Crippen molar-refractivity contribution in [3.63, 3.8) is 0 Å². The number of rotatable bonds is 6. The van der Waals surface area contributed by atoms with E-state index in [2.05, 4.69) is 10.3 Å². The number of non-ortho nitro benzene ring substituents is 1. The standard InChI is InChI=1S/C19H15N3O4/c23-19(21-15-4-3-11-20-12-15)17-5-1-2-6-18(17)26-13-14-7-9-16(10-8-14)22(24)25/h1-12H,13H2,(H,21,23). The van der Waals surface area contributed by atoms with Gasteiger partial charge >= 0.3 is 0 Å². The Balaban J connectivity index is 1.70. The van der Waals surface area contributed by atoms with Crippen molar-refractivity contribution in [2.45, 2.75) is 6.61 Å². The summed E-state index contributed by atoms with van der Waals surface area (Å²) in [6, 6.07) is 16.4. The number of para-hydroxylation sites is 1. The number of nitro benzene ring substituents is 1. The maximum Gasteiger partial charge on any atom is 0.269 e. The fourth-order valence-corrected chi connectivity index (χ4v) is 2.29. The molecule has 26 heavy (non-hydrogen) atoms. The van der Waals surface area contributed by atoms with E-state index in [-0.39, 0.29) is 18.2 Å². The van der Waals surface area contributed by atoms with Crippen LogP contribution >= 0.6 is 0 Å². The molecule has 1 heterocycles. The van der Waals surface area contributed by atoms with Crippen LogP contribution in [0.3, 0.4) is 0 Å². The zero-order chi connectivity index (χ0) is 18.4. The third kappa shape index (κ3) is 4.21. The minimum atomic E-state index is -0.456. The Hall–Kier alpha value is -3.74. The number of benzene rings is 2. The molecule has 0 atom stereocenters. The van der Waals surface area contributed by atoms with E-state index in [4.69, 9.17) is 4.74 Å². The van der Waals surface area contributed by atoms with E-state index in [1.807, 2.05) is 0 Å². The summed E-state index contributed by atoms with van der Waals surface area (Å²) in [5, 5.41) is 13.4. The number of nitrogens with one attached hydrogen (secondary N) is 1. The van der Waals surface area contributed by atoms with Gasteiger partial charge < -0.3 is 10.1 Å². The Morgan fingerprint density at radius 2 is 1.85 bits per heavy atom. The number of carbonyl (C=O) groups is 1. The topological polar surface area (TPSA) is 94.4 Å². The minimum absolute atomic E-state index is 0.0185. The molecule has 0 spiro atoms. The molecule has 1 N–H and O–H groups in total. The highest BCUT2D eigenvalue weighted by Crippen LogP contribution is 2.21. The molecule has 0 unspecified atom stereocenters. The number of amides is 1. The third-order valence-electron chi connectivity index (χ3n) is 3.59. The maximum absolute atomic E-state index is 12.5. The number of nitrogens with zero attached hydrogens (tertiary/aromatic N) is 2. The number of hydrogen-bond donors (Lipinski definition) is 1. The van der Waals surface area contributed by atoms with Gasteiger partial charge in [-0.05, 0) is 42.0 Å². The molecule has 0 saturated heterocycles. The van der Waals surface area contributed by atoms with Crippen molar-refractivity contribution in [1.82, 2.24) is 4.98 Å². The highest BCUT2D eigenvalue weighted by atomic mass is 16.6. The molecular weight excluding hydrogens is 334 g/mol. The molecule has 0 bridgehead atoms. The lowest BCUT2D eigenvalue weighted by Crippen LogP contribution is -2.13. The molecule has 2 aromatic carbocycles. The van der Waals surface area contributed by atoms with Crippen molar-refractivity contribution in [2.75, 3.05) is 5.32 Å². The average Bonchev–Trinajstić information content (AvgIpc) is 2.67. The first-order valence-corrected chi connectivity index (χ1v) is 7.80. The fourth-order valence-electron chi connectivity index (χ4n) is 2.29. The second kappa shape index (κ2) is 7.89. The summed E-state index contributed by atoms with van der Waals surface area (Å²) in [5.74, 6) is 0.115. The van der Waals surface area contributed by atoms with Gasteiger partial charge in [0.2, 0.25) is 0 Å². The maximum atomic E-state index is 12.5. The van der Waals surface area contributed by atoms with Crippen molar-refractivity contribution in [3.05, 3.63) is 94.3 Å². The molecule has 0 aliphatic carbocycles. The second-order valence-corrected chi connectivity index (χ2v) is 5.40. The number of hydrogen-bond acceptors (Lipinski definition) is 5. The molecule has 1 aromatic heterocycles. The van der Waals surface area contributed by atoms with Crippen LogP contribution in [0.1, 0.15) is 15.9 Å². The number of pyridine rings is 1. The predicted octanol–water partition coefficient (Wildman–Crippen LogP) is 3.82. The zero-order valence-electron chi connectivity index (χ0n) is 13.7. The van der Waals surface area contributed by atoms with Crippen LogP contribution in [-0.4, -0.2) is 15.8 Å². The van der Waals surface area contributed by atoms with Crippen LogP contribution in [0.2, 0.25) is 0 Å². The molecule has 1 amide bonds. The molecule has 0 saturated carbocycles. The molecular formula is C19H15N3O4. The lowest BCUT2D eigenvalue weighted by molar-refractivity contribution is -0.384. The van der Waals surface area contributed by atoms with Crippen molar-refractivity contribution in [3.8, 4) is 5.75 Å². The Bertz CT molecular complexity index is 912. The van der Waals surface area contributed by atoms with Crippen LogP contribution in [0, 0.1) is 10.1 Å². The lowest BCUT2D eigenvalue weighted by Gasteiger charge is -2.11. The Labute approximate surface area is 149 Å². The van der Waals surface area contributed by atoms with Gasteiger partial charge in [0.1, 0.15) is 12.4 Å². The summed E-state index contributed by atoms with van der Waals surface area (Å²) in [5.41, 5.74) is 1.75. The largest absolute Gasteiger partial charge is 0.488 e. The number of aromatic nitrogens is 1. The van der Waals surface area contributed by atoms with Crippen LogP contribution < -0.4 is 10.1 Å². The molecule has 0 radical (unpaired) electrons. The molecule has 0 aliphatic rings. The zero-order valence-corrected chi connectivity index (χ0v) is 13.7. The fraction of sp³-hybridized carbons (Fsp3) is 0.0526. The Morgan fingerprint density at radius 3 is 2.54 bits per heavy atom. The number of carbonyl (C=O) groups excluding carboxylic acids is 1. The SMILES string of the molecule is O=C(Nc1cccnc1)c1ccccc1OCc1ccc([N+](=O)[O-])cc1. The third-order valence-corrected chi connectivity index (χ3v) is 3.59. The Morgan fingerprint density at radius 1 is 1.08 bits per heavy atom. The van der Waals surface area contributed by atoms with Gasteiger partial charge in [-0.15, -0.1) is 0 Å². The van der Waals surface area contributed by atoms with Gasteiger partial charge in [-0.2, -0.15) is 0 Å². The monoisotopic (exact) mass is 349 g/mol. The highest BCUT2D eigenvalue weighted by Gasteiger charge is 2.13. The van der Waals surface area contributed by atoms with Gasteiger partial charge in [-0.25, -0.2) is 0 Å². The van der Waals surface area contributed by atoms with E-state index in [0.717, 1.165) is 5.56 Å². The van der Waals surface area contributed by atoms with E-state index < -0.39 is 4.92 Å². The normalized spacial score (nSPS) is 10.2. The summed E-state index contributed by atoms with van der Waals surface area (Å²) in [6.07, 6.45) is 3.18. The highest BCUT2D eigenvalue weighted by molar-refractivity contribution is 6.06. The summed E-state index contributed by atoms with van der Waals surface area (Å²) in [6.45, 7) is 0.190. The van der Waals surface area contributed by atoms with E-state index in [1.54, 1.807) is 60.9 Å². The van der Waals surface area contributed by atoms with Crippen LogP contribution in [0.4, 0.5) is 11.4 Å². The molecule has 7 heteroatoms. The first-order valence-electron chi connectivity index (χ1n) is 7.80. The summed E-state index contributed by atoms with van der Waals surface area (Å²) in [7, 11) is 0. The first-order chi connectivity index (χ1) is 12.6. The van der Waals surface area contributed by atoms with Crippen molar-refractivity contribution >= 4 is 17.3 Å². The summed E-state index contributed by atoms with van der Waals surface area (Å²) >= 11 is 0. The lowest BCUT2D eigenvalue weighted by atomic mass is 10.1. The van der Waals surface area contributed by atoms with Crippen LogP contribution in [0.5, 0.6) is 5.75 Å². The van der Waals surface area contributed by atoms with E-state index in [0.29, 0.717) is 17.0 Å². The van der Waals surface area contributed by atoms with E-state index >= 15 is 0 Å². The molecule has 3 aromatic rings. The number of ether oxygens (including phenoxy) is 1. The van der Waals surface area contributed by atoms with E-state index in [1.165, 1.54) is 12.1 Å². The first kappa shape index (κ1) is 17.1. The smallest absolute Gasteiger partial charge is 0.269 e. The number of nitro groups is 1. The second-order valence-electron chi connectivity index (χ2n) is 5.40. The molecule has 7 nitrogen and oxygen atoms in total. The molecule has 0 fully saturated rings. The van der Waals surface area contributed by atoms with Gasteiger partial charge in [0.25, 0.3) is 11.6 Å². The molecule has 3 rings (SSSR count). The number of anilines is 1. The van der Waals surface area contributed by atoms with Gasteiger partial charge in [0.05, 0.1) is 22.4 Å². The van der Waals surface area contributed by atoms with Crippen molar-refractivity contribution < 1.29 is 14.5 Å². The Kier molecular flexibility index (Phi) is 5.19. The van der Waals surface area contributed by atoms with Crippen molar-refractivity contribution in [1.29, 1.82) is 0 Å². The predicted molar refractivity (Wildman–Crippen MR) is 96.1 cm³/mol. The summed E-state index contributed by atoms with van der Waals surface area (Å²) < 4.78 is 5.74. The minimum Gasteiger partial charge on any atom is -0.488 e. The molecule has 0 aliphatic heterocycles. The van der Waals surface area contributed by atoms with Gasteiger partial charge in [0, 0.05) is 18.3 Å². The summed E-state index contributed by atoms with van der Waals surface area (Å²) in [4.78, 5) is 26.7. The van der Waals surface area contributed by atoms with Gasteiger partial charge in [0.15, 0.2) is 0 Å². The van der Waals surface area contributed by atoms with Gasteiger partial charge in [-0.3, -0.25) is 19.9 Å². The van der Waals surface area contributed by atoms with Crippen LogP contribution in [-0.2, 0) is 6.61 Å². The van der Waals surface area contributed by atoms with E-state index in [9.17, 15) is 14.9 Å². The average molecular weight is 349 g/mol. The van der Waals surface area contributed by atoms with Crippen molar-refractivity contribution in [2.24, 2.45) is 0 Å².